The Hall–Kier alpha value is -0.820. The molecular weight excluding hydrogens is 244 g/mol. The topological polar surface area (TPSA) is 20.2 Å². The summed E-state index contributed by atoms with van der Waals surface area (Å²) in [5.74, 6) is 0.477. The van der Waals surface area contributed by atoms with Crippen molar-refractivity contribution in [2.45, 2.75) is 69.1 Å². The van der Waals surface area contributed by atoms with Crippen LogP contribution in [0.3, 0.4) is 0 Å². The third kappa shape index (κ3) is 1.48. The zero-order valence-corrected chi connectivity index (χ0v) is 13.0. The van der Waals surface area contributed by atoms with E-state index in [1.807, 2.05) is 0 Å². The van der Waals surface area contributed by atoms with Crippen LogP contribution in [-0.2, 0) is 16.2 Å². The molecule has 0 saturated heterocycles. The van der Waals surface area contributed by atoms with Crippen molar-refractivity contribution in [2.75, 3.05) is 6.61 Å². The summed E-state index contributed by atoms with van der Waals surface area (Å²) in [4.78, 5) is 0. The first-order valence-electron chi connectivity index (χ1n) is 8.18. The lowest BCUT2D eigenvalue weighted by Crippen LogP contribution is -2.44. The third-order valence-electron chi connectivity index (χ3n) is 7.07. The van der Waals surface area contributed by atoms with E-state index in [-0.39, 0.29) is 5.41 Å². The second kappa shape index (κ2) is 3.68. The predicted octanol–water partition coefficient (Wildman–Crippen LogP) is 4.06. The van der Waals surface area contributed by atoms with Gasteiger partial charge in [0.2, 0.25) is 0 Å². The van der Waals surface area contributed by atoms with Crippen LogP contribution >= 0.6 is 0 Å². The molecule has 0 heterocycles. The number of hydrogen-bond acceptors (Lipinski definition) is 1. The predicted molar refractivity (Wildman–Crippen MR) is 82.2 cm³/mol. The molecule has 1 nitrogen and oxygen atoms in total. The fourth-order valence-corrected chi connectivity index (χ4v) is 4.89. The minimum atomic E-state index is 0.234. The molecule has 2 atom stereocenters. The molecule has 2 saturated carbocycles. The first-order valence-corrected chi connectivity index (χ1v) is 8.18. The number of benzene rings is 1. The zero-order valence-electron chi connectivity index (χ0n) is 13.0. The van der Waals surface area contributed by atoms with Crippen LogP contribution in [0.5, 0.6) is 0 Å². The van der Waals surface area contributed by atoms with Crippen molar-refractivity contribution in [3.63, 3.8) is 0 Å². The van der Waals surface area contributed by atoms with Gasteiger partial charge in [0.25, 0.3) is 0 Å². The van der Waals surface area contributed by atoms with Gasteiger partial charge in [0.1, 0.15) is 0 Å². The molecule has 0 spiro atoms. The van der Waals surface area contributed by atoms with E-state index in [0.717, 1.165) is 6.42 Å². The largest absolute Gasteiger partial charge is 0.396 e. The summed E-state index contributed by atoms with van der Waals surface area (Å²) in [5, 5.41) is 9.44. The fraction of sp³-hybridized carbons (Fsp3) is 0.684. The van der Waals surface area contributed by atoms with Crippen LogP contribution in [0.15, 0.2) is 18.2 Å². The zero-order chi connectivity index (χ0) is 14.2. The Morgan fingerprint density at radius 3 is 2.15 bits per heavy atom. The van der Waals surface area contributed by atoms with Gasteiger partial charge in [-0.15, -0.1) is 0 Å². The molecule has 0 aromatic heterocycles. The molecule has 0 radical (unpaired) electrons. The van der Waals surface area contributed by atoms with Crippen LogP contribution < -0.4 is 0 Å². The maximum absolute atomic E-state index is 9.44. The lowest BCUT2D eigenvalue weighted by atomic mass is 9.52. The lowest BCUT2D eigenvalue weighted by molar-refractivity contribution is 0.187. The van der Waals surface area contributed by atoms with Gasteiger partial charge in [0.05, 0.1) is 0 Å². The van der Waals surface area contributed by atoms with E-state index < -0.39 is 0 Å². The van der Waals surface area contributed by atoms with Crippen LogP contribution in [0, 0.1) is 5.92 Å². The van der Waals surface area contributed by atoms with Gasteiger partial charge in [-0.3, -0.25) is 0 Å². The molecule has 108 valence electrons. The van der Waals surface area contributed by atoms with Crippen LogP contribution in [0.1, 0.15) is 69.6 Å². The number of hydrogen-bond donors (Lipinski definition) is 1. The summed E-state index contributed by atoms with van der Waals surface area (Å²) >= 11 is 0. The van der Waals surface area contributed by atoms with Gasteiger partial charge in [-0.25, -0.2) is 0 Å². The minimum absolute atomic E-state index is 0.234. The monoisotopic (exact) mass is 270 g/mol. The summed E-state index contributed by atoms with van der Waals surface area (Å²) in [6.07, 6.45) is 6.55. The molecule has 0 aliphatic heterocycles. The fourth-order valence-electron chi connectivity index (χ4n) is 4.89. The molecule has 20 heavy (non-hydrogen) atoms. The maximum atomic E-state index is 9.44. The molecule has 4 aliphatic rings. The Morgan fingerprint density at radius 1 is 1.00 bits per heavy atom. The molecule has 2 bridgehead atoms. The first-order chi connectivity index (χ1) is 9.41. The second-order valence-electron chi connectivity index (χ2n) is 8.38. The SMILES string of the molecule is CC12CCC(C)(CC1)c1cc([C@@]3(C)CC3CO)ccc12. The van der Waals surface area contributed by atoms with Crippen molar-refractivity contribution >= 4 is 0 Å². The summed E-state index contributed by atoms with van der Waals surface area (Å²) in [6.45, 7) is 7.58. The molecule has 2 fully saturated rings. The van der Waals surface area contributed by atoms with E-state index in [9.17, 15) is 5.11 Å². The highest BCUT2D eigenvalue weighted by molar-refractivity contribution is 5.49. The Labute approximate surface area is 122 Å². The smallest absolute Gasteiger partial charge is 0.0468 e. The second-order valence-corrected chi connectivity index (χ2v) is 8.38. The van der Waals surface area contributed by atoms with Crippen LogP contribution in [0.4, 0.5) is 0 Å². The van der Waals surface area contributed by atoms with Crippen molar-refractivity contribution in [1.29, 1.82) is 0 Å². The van der Waals surface area contributed by atoms with E-state index in [2.05, 4.69) is 39.0 Å². The molecule has 1 heteroatoms. The number of fused-ring (bicyclic) bond motifs is 2. The van der Waals surface area contributed by atoms with E-state index in [1.165, 1.54) is 31.2 Å². The summed E-state index contributed by atoms with van der Waals surface area (Å²) in [7, 11) is 0. The Balaban J connectivity index is 1.82. The Bertz CT molecular complexity index is 565. The van der Waals surface area contributed by atoms with Crippen LogP contribution in [-0.4, -0.2) is 11.7 Å². The van der Waals surface area contributed by atoms with Crippen molar-refractivity contribution < 1.29 is 5.11 Å². The van der Waals surface area contributed by atoms with Gasteiger partial charge in [-0.1, -0.05) is 39.0 Å². The summed E-state index contributed by atoms with van der Waals surface area (Å²) in [6, 6.07) is 7.27. The molecular formula is C19H26O. The highest BCUT2D eigenvalue weighted by Crippen LogP contribution is 2.59. The maximum Gasteiger partial charge on any atom is 0.0468 e. The third-order valence-corrected chi connectivity index (χ3v) is 7.07. The van der Waals surface area contributed by atoms with E-state index in [1.54, 1.807) is 11.1 Å². The molecule has 1 N–H and O–H groups in total. The van der Waals surface area contributed by atoms with Gasteiger partial charge in [-0.2, -0.15) is 0 Å². The molecule has 1 unspecified atom stereocenters. The lowest BCUT2D eigenvalue weighted by Gasteiger charge is -2.52. The van der Waals surface area contributed by atoms with Gasteiger partial charge in [0.15, 0.2) is 0 Å². The average molecular weight is 270 g/mol. The van der Waals surface area contributed by atoms with E-state index in [4.69, 9.17) is 0 Å². The van der Waals surface area contributed by atoms with Gasteiger partial charge >= 0.3 is 0 Å². The normalized spacial score (nSPS) is 45.3. The molecule has 0 amide bonds. The van der Waals surface area contributed by atoms with Crippen molar-refractivity contribution in [2.24, 2.45) is 5.92 Å². The van der Waals surface area contributed by atoms with Gasteiger partial charge in [0, 0.05) is 6.61 Å². The molecule has 1 aromatic carbocycles. The number of aliphatic hydroxyl groups excluding tert-OH is 1. The van der Waals surface area contributed by atoms with E-state index in [0.29, 0.717) is 23.4 Å². The minimum Gasteiger partial charge on any atom is -0.396 e. The van der Waals surface area contributed by atoms with Gasteiger partial charge in [-0.05, 0) is 71.0 Å². The van der Waals surface area contributed by atoms with Crippen molar-refractivity contribution in [3.8, 4) is 0 Å². The average Bonchev–Trinajstić information content (AvgIpc) is 3.14. The summed E-state index contributed by atoms with van der Waals surface area (Å²) < 4.78 is 0. The van der Waals surface area contributed by atoms with Crippen LogP contribution in [0.25, 0.3) is 0 Å². The van der Waals surface area contributed by atoms with Crippen molar-refractivity contribution in [3.05, 3.63) is 34.9 Å². The van der Waals surface area contributed by atoms with Gasteiger partial charge < -0.3 is 5.11 Å². The summed E-state index contributed by atoms with van der Waals surface area (Å²) in [5.41, 5.74) is 5.77. The molecule has 1 aromatic rings. The molecule has 4 aliphatic carbocycles. The van der Waals surface area contributed by atoms with Crippen molar-refractivity contribution in [1.82, 2.24) is 0 Å². The Morgan fingerprint density at radius 2 is 1.60 bits per heavy atom. The standard InChI is InChI=1S/C19H26O/c1-17-6-8-18(2,9-7-17)16-10-13(4-5-15(16)17)19(3)11-14(19)12-20/h4-5,10,14,20H,6-9,11-12H2,1-3H3/t14?,17?,18?,19-/m1/s1. The highest BCUT2D eigenvalue weighted by Gasteiger charge is 2.52. The van der Waals surface area contributed by atoms with E-state index >= 15 is 0 Å². The quantitative estimate of drug-likeness (QED) is 0.859. The molecule has 5 rings (SSSR count). The highest BCUT2D eigenvalue weighted by atomic mass is 16.3. The first kappa shape index (κ1) is 12.9. The number of rotatable bonds is 2. The Kier molecular flexibility index (Phi) is 2.37. The van der Waals surface area contributed by atoms with Crippen LogP contribution in [0.2, 0.25) is 0 Å². The number of aliphatic hydroxyl groups is 1.